The van der Waals surface area contributed by atoms with Gasteiger partial charge in [-0.3, -0.25) is 0 Å². The van der Waals surface area contributed by atoms with Gasteiger partial charge in [-0.05, 0) is 58.0 Å². The lowest BCUT2D eigenvalue weighted by molar-refractivity contribution is 0.413. The van der Waals surface area contributed by atoms with Crippen molar-refractivity contribution in [3.8, 4) is 5.75 Å². The highest BCUT2D eigenvalue weighted by Crippen LogP contribution is 2.37. The van der Waals surface area contributed by atoms with Crippen molar-refractivity contribution in [1.29, 1.82) is 0 Å². The molecule has 5 heteroatoms. The predicted octanol–water partition coefficient (Wildman–Crippen LogP) is 4.55. The first-order chi connectivity index (χ1) is 9.79. The first-order valence-corrected chi connectivity index (χ1v) is 7.60. The van der Waals surface area contributed by atoms with Gasteiger partial charge in [0.25, 0.3) is 0 Å². The summed E-state index contributed by atoms with van der Waals surface area (Å²) in [5.74, 6) is 0.817. The second-order valence-corrected chi connectivity index (χ2v) is 5.87. The number of ether oxygens (including phenoxy) is 1. The van der Waals surface area contributed by atoms with Crippen molar-refractivity contribution in [3.05, 3.63) is 53.3 Å². The molecular weight excluding hydrogens is 336 g/mol. The minimum atomic E-state index is 0.817. The van der Waals surface area contributed by atoms with Gasteiger partial charge in [-0.25, -0.2) is 9.97 Å². The number of benzene rings is 1. The van der Waals surface area contributed by atoms with E-state index in [4.69, 9.17) is 4.74 Å². The fourth-order valence-corrected chi connectivity index (χ4v) is 3.42. The Hall–Kier alpha value is -1.59. The second-order valence-electron chi connectivity index (χ2n) is 4.06. The summed E-state index contributed by atoms with van der Waals surface area (Å²) in [7, 11) is 1.66. The van der Waals surface area contributed by atoms with Crippen LogP contribution in [0.2, 0.25) is 0 Å². The van der Waals surface area contributed by atoms with Crippen molar-refractivity contribution in [3.63, 3.8) is 0 Å². The lowest BCUT2D eigenvalue weighted by atomic mass is 10.2. The molecule has 3 aromatic rings. The van der Waals surface area contributed by atoms with Crippen LogP contribution in [0.25, 0.3) is 10.8 Å². The summed E-state index contributed by atoms with van der Waals surface area (Å²) in [5.41, 5.74) is 0. The molecule has 3 nitrogen and oxygen atoms in total. The minimum Gasteiger partial charge on any atom is -0.496 e. The molecule has 0 saturated carbocycles. The largest absolute Gasteiger partial charge is 0.496 e. The van der Waals surface area contributed by atoms with Crippen molar-refractivity contribution < 1.29 is 4.74 Å². The maximum Gasteiger partial charge on any atom is 0.133 e. The first kappa shape index (κ1) is 13.4. The van der Waals surface area contributed by atoms with Gasteiger partial charge in [0.1, 0.15) is 15.8 Å². The lowest BCUT2D eigenvalue weighted by Crippen LogP contribution is -1.89. The van der Waals surface area contributed by atoms with Crippen LogP contribution < -0.4 is 4.74 Å². The fraction of sp³-hybridized carbons (Fsp3) is 0.0667. The molecule has 100 valence electrons. The maximum atomic E-state index is 5.32. The standard InChI is InChI=1S/C15H11BrN2OS/c1-19-12-6-5-11-10(14(12)16)7-9-18-15(11)20-13-4-2-3-8-17-13/h2-9H,1H3. The zero-order chi connectivity index (χ0) is 13.9. The van der Waals surface area contributed by atoms with Crippen LogP contribution in [0.5, 0.6) is 5.75 Å². The van der Waals surface area contributed by atoms with E-state index in [9.17, 15) is 0 Å². The molecule has 0 saturated heterocycles. The number of hydrogen-bond acceptors (Lipinski definition) is 4. The number of aromatic nitrogens is 2. The smallest absolute Gasteiger partial charge is 0.133 e. The van der Waals surface area contributed by atoms with Crippen LogP contribution in [-0.4, -0.2) is 17.1 Å². The molecule has 0 radical (unpaired) electrons. The lowest BCUT2D eigenvalue weighted by Gasteiger charge is -2.09. The third-order valence-electron chi connectivity index (χ3n) is 2.87. The van der Waals surface area contributed by atoms with Crippen LogP contribution in [0.3, 0.4) is 0 Å². The van der Waals surface area contributed by atoms with E-state index in [1.807, 2.05) is 36.4 Å². The van der Waals surface area contributed by atoms with Crippen LogP contribution in [0.15, 0.2) is 63.3 Å². The van der Waals surface area contributed by atoms with Crippen molar-refractivity contribution in [2.75, 3.05) is 7.11 Å². The summed E-state index contributed by atoms with van der Waals surface area (Å²) >= 11 is 5.14. The Labute approximate surface area is 129 Å². The molecule has 0 aliphatic rings. The zero-order valence-electron chi connectivity index (χ0n) is 10.7. The monoisotopic (exact) mass is 346 g/mol. The maximum absolute atomic E-state index is 5.32. The van der Waals surface area contributed by atoms with E-state index in [2.05, 4.69) is 25.9 Å². The first-order valence-electron chi connectivity index (χ1n) is 5.99. The predicted molar refractivity (Wildman–Crippen MR) is 84.4 cm³/mol. The van der Waals surface area contributed by atoms with E-state index in [1.54, 1.807) is 31.3 Å². The van der Waals surface area contributed by atoms with Gasteiger partial charge in [-0.2, -0.15) is 0 Å². The molecule has 0 amide bonds. The Kier molecular flexibility index (Phi) is 3.89. The van der Waals surface area contributed by atoms with Gasteiger partial charge < -0.3 is 4.74 Å². The van der Waals surface area contributed by atoms with Gasteiger partial charge in [0.2, 0.25) is 0 Å². The Morgan fingerprint density at radius 3 is 2.65 bits per heavy atom. The van der Waals surface area contributed by atoms with E-state index in [-0.39, 0.29) is 0 Å². The number of methoxy groups -OCH3 is 1. The topological polar surface area (TPSA) is 35.0 Å². The van der Waals surface area contributed by atoms with Crippen molar-refractivity contribution in [1.82, 2.24) is 9.97 Å². The molecule has 20 heavy (non-hydrogen) atoms. The second kappa shape index (κ2) is 5.81. The van der Waals surface area contributed by atoms with Crippen LogP contribution >= 0.6 is 27.7 Å². The van der Waals surface area contributed by atoms with Gasteiger partial charge >= 0.3 is 0 Å². The van der Waals surface area contributed by atoms with E-state index < -0.39 is 0 Å². The highest BCUT2D eigenvalue weighted by atomic mass is 79.9. The average Bonchev–Trinajstić information content (AvgIpc) is 2.49. The molecule has 0 aliphatic carbocycles. The Balaban J connectivity index is 2.10. The molecule has 1 aromatic carbocycles. The third-order valence-corrected chi connectivity index (χ3v) is 4.65. The Bertz CT molecular complexity index is 749. The van der Waals surface area contributed by atoms with Crippen LogP contribution in [-0.2, 0) is 0 Å². The molecule has 0 aliphatic heterocycles. The quantitative estimate of drug-likeness (QED) is 0.696. The van der Waals surface area contributed by atoms with Gasteiger partial charge in [-0.15, -0.1) is 0 Å². The highest BCUT2D eigenvalue weighted by molar-refractivity contribution is 9.10. The van der Waals surface area contributed by atoms with Crippen molar-refractivity contribution >= 4 is 38.5 Å². The molecule has 0 N–H and O–H groups in total. The van der Waals surface area contributed by atoms with Crippen molar-refractivity contribution in [2.24, 2.45) is 0 Å². The van der Waals surface area contributed by atoms with Crippen LogP contribution in [0, 0.1) is 0 Å². The zero-order valence-corrected chi connectivity index (χ0v) is 13.1. The van der Waals surface area contributed by atoms with Gasteiger partial charge in [0.15, 0.2) is 0 Å². The molecule has 0 unspecified atom stereocenters. The van der Waals surface area contributed by atoms with E-state index in [0.717, 1.165) is 31.0 Å². The molecule has 2 heterocycles. The normalized spacial score (nSPS) is 10.7. The van der Waals surface area contributed by atoms with E-state index in [1.165, 1.54) is 0 Å². The van der Waals surface area contributed by atoms with E-state index in [0.29, 0.717) is 0 Å². The summed E-state index contributed by atoms with van der Waals surface area (Å²) in [6, 6.07) is 11.8. The molecular formula is C15H11BrN2OS. The number of fused-ring (bicyclic) bond motifs is 1. The van der Waals surface area contributed by atoms with Gasteiger partial charge in [-0.1, -0.05) is 6.07 Å². The van der Waals surface area contributed by atoms with Crippen LogP contribution in [0.1, 0.15) is 0 Å². The number of halogens is 1. The third kappa shape index (κ3) is 2.51. The SMILES string of the molecule is COc1ccc2c(Sc3ccccn3)nccc2c1Br. The molecule has 0 atom stereocenters. The van der Waals surface area contributed by atoms with E-state index >= 15 is 0 Å². The van der Waals surface area contributed by atoms with Crippen molar-refractivity contribution in [2.45, 2.75) is 10.1 Å². The average molecular weight is 347 g/mol. The summed E-state index contributed by atoms with van der Waals surface area (Å²) in [4.78, 5) is 8.78. The number of nitrogens with zero attached hydrogens (tertiary/aromatic N) is 2. The van der Waals surface area contributed by atoms with Crippen LogP contribution in [0.4, 0.5) is 0 Å². The number of pyridine rings is 2. The molecule has 0 bridgehead atoms. The van der Waals surface area contributed by atoms with Gasteiger partial charge in [0.05, 0.1) is 11.6 Å². The summed E-state index contributed by atoms with van der Waals surface area (Å²) in [6.45, 7) is 0. The Morgan fingerprint density at radius 1 is 1.00 bits per heavy atom. The van der Waals surface area contributed by atoms with Gasteiger partial charge in [0, 0.05) is 23.2 Å². The Morgan fingerprint density at radius 2 is 1.90 bits per heavy atom. The summed E-state index contributed by atoms with van der Waals surface area (Å²) in [6.07, 6.45) is 3.59. The number of rotatable bonds is 3. The number of hydrogen-bond donors (Lipinski definition) is 0. The molecule has 0 fully saturated rings. The summed E-state index contributed by atoms with van der Waals surface area (Å²) < 4.78 is 6.27. The summed E-state index contributed by atoms with van der Waals surface area (Å²) in [5, 5.41) is 4.03. The minimum absolute atomic E-state index is 0.817. The molecule has 0 spiro atoms. The highest BCUT2D eigenvalue weighted by Gasteiger charge is 2.10. The molecule has 2 aromatic heterocycles. The molecule has 3 rings (SSSR count). The fourth-order valence-electron chi connectivity index (χ4n) is 1.92.